The van der Waals surface area contributed by atoms with E-state index < -0.39 is 108 Å². The summed E-state index contributed by atoms with van der Waals surface area (Å²) in [4.78, 5) is 75.1. The van der Waals surface area contributed by atoms with Gasteiger partial charge in [-0.15, -0.1) is 0 Å². The van der Waals surface area contributed by atoms with Gasteiger partial charge < -0.3 is 20.3 Å². The van der Waals surface area contributed by atoms with Crippen LogP contribution in [0.3, 0.4) is 0 Å². The van der Waals surface area contributed by atoms with E-state index in [0.29, 0.717) is 75.6 Å². The molecule has 3 fully saturated rings. The van der Waals surface area contributed by atoms with E-state index >= 15 is 8.78 Å². The quantitative estimate of drug-likeness (QED) is 0.138. The standard InChI is InChI=1S/C42H41ClF3N9O6/c1-61-33-20-29-25(39(48-22-47-29)49-24-4-5-28(44)27(43)17-24)18-30(33)50-34(56)3-2-10-52-11-8-23(9-12-52)21-53-13-15-54(16-14-53)32-19-26-36(38(46)37(32)45)42(60)55(41(26)59)31-6-7-35(57)51-40(31)58/h2-5,17-20,22-23,31H,6-16,21H2,1H3,(H,50,56)(H,47,48,49)(H,51,57,58)/b3-2+/i13D2,14D2,15D2,16D2. The summed E-state index contributed by atoms with van der Waals surface area (Å²) in [6.45, 7) is -13.8. The number of hydrogen-bond acceptors (Lipinski definition) is 12. The molecule has 1 atom stereocenters. The van der Waals surface area contributed by atoms with Crippen LogP contribution in [-0.2, 0) is 14.4 Å². The second kappa shape index (κ2) is 17.5. The maximum Gasteiger partial charge on any atom is 0.265 e. The van der Waals surface area contributed by atoms with Gasteiger partial charge in [-0.2, -0.15) is 0 Å². The summed E-state index contributed by atoms with van der Waals surface area (Å²) in [6, 6.07) is 6.12. The molecule has 4 aliphatic rings. The number of anilines is 4. The smallest absolute Gasteiger partial charge is 0.265 e. The van der Waals surface area contributed by atoms with Crippen LogP contribution in [0.1, 0.15) is 57.4 Å². The molecule has 3 saturated heterocycles. The fraction of sp³-hybridized carbons (Fsp3) is 0.357. The van der Waals surface area contributed by atoms with Crippen LogP contribution in [0, 0.1) is 23.4 Å². The number of benzene rings is 3. The third-order valence-electron chi connectivity index (χ3n) is 10.6. The van der Waals surface area contributed by atoms with Gasteiger partial charge in [0.2, 0.25) is 17.7 Å². The van der Waals surface area contributed by atoms with Crippen LogP contribution in [0.2, 0.25) is 5.02 Å². The average molecular weight is 868 g/mol. The summed E-state index contributed by atoms with van der Waals surface area (Å²) in [6.07, 6.45) is 4.21. The van der Waals surface area contributed by atoms with Gasteiger partial charge in [0, 0.05) is 74.2 Å². The van der Waals surface area contributed by atoms with E-state index in [2.05, 4.69) is 20.6 Å². The zero-order chi connectivity index (χ0) is 50.1. The van der Waals surface area contributed by atoms with Gasteiger partial charge in [-0.3, -0.25) is 44.0 Å². The van der Waals surface area contributed by atoms with Crippen LogP contribution in [0.25, 0.3) is 10.9 Å². The minimum absolute atomic E-state index is 0.0962. The topological polar surface area (TPSA) is 169 Å². The van der Waals surface area contributed by atoms with Gasteiger partial charge in [0.15, 0.2) is 11.6 Å². The molecular weight excluding hydrogens is 819 g/mol. The largest absolute Gasteiger partial charge is 0.494 e. The van der Waals surface area contributed by atoms with Crippen molar-refractivity contribution in [3.63, 3.8) is 0 Å². The first-order valence-electron chi connectivity index (χ1n) is 23.0. The molecule has 4 aromatic rings. The third-order valence-corrected chi connectivity index (χ3v) is 10.9. The van der Waals surface area contributed by atoms with Crippen LogP contribution in [0.15, 0.2) is 54.9 Å². The Kier molecular flexibility index (Phi) is 9.35. The van der Waals surface area contributed by atoms with E-state index in [-0.39, 0.29) is 29.3 Å². The second-order valence-corrected chi connectivity index (χ2v) is 14.9. The SMILES string of the molecule is [2H]C1([2H])N(CC2CCN(C/C=C/C(=O)Nc3cc4c(Nc5ccc(F)c(Cl)c5)ncnc4cc3OC)CC2)C([2H])([2H])C([2H])([2H])N(c2cc3c(c(F)c2F)C(=O)N(C2CCC(=O)NC2=O)C3=O)C1([2H])[2H]. The lowest BCUT2D eigenvalue weighted by Gasteiger charge is -2.39. The zero-order valence-electron chi connectivity index (χ0n) is 40.2. The first kappa shape index (κ1) is 32.6. The van der Waals surface area contributed by atoms with Crippen molar-refractivity contribution in [3.05, 3.63) is 88.5 Å². The maximum absolute atomic E-state index is 16.1. The number of piperazine rings is 1. The number of ether oxygens (including phenoxy) is 1. The molecule has 0 saturated carbocycles. The van der Waals surface area contributed by atoms with E-state index in [4.69, 9.17) is 27.3 Å². The summed E-state index contributed by atoms with van der Waals surface area (Å²) in [5.74, 6) is -9.64. The average Bonchev–Trinajstić information content (AvgIpc) is 3.53. The molecule has 3 N–H and O–H groups in total. The monoisotopic (exact) mass is 867 g/mol. The van der Waals surface area contributed by atoms with E-state index in [9.17, 15) is 28.4 Å². The third kappa shape index (κ3) is 8.60. The molecule has 3 aromatic carbocycles. The van der Waals surface area contributed by atoms with Crippen molar-refractivity contribution in [2.45, 2.75) is 31.7 Å². The molecule has 0 bridgehead atoms. The molecular formula is C42H41ClF3N9O6. The van der Waals surface area contributed by atoms with Crippen LogP contribution >= 0.6 is 11.6 Å². The zero-order valence-corrected chi connectivity index (χ0v) is 32.9. The van der Waals surface area contributed by atoms with Crippen LogP contribution in [-0.4, -0.2) is 120 Å². The van der Waals surface area contributed by atoms with Crippen molar-refractivity contribution in [2.24, 2.45) is 5.92 Å². The number of hydrogen-bond donors (Lipinski definition) is 3. The Bertz CT molecular complexity index is 2830. The van der Waals surface area contributed by atoms with E-state index in [0.717, 1.165) is 0 Å². The Hall–Kier alpha value is -6.11. The number of nitrogens with one attached hydrogen (secondary N) is 3. The van der Waals surface area contributed by atoms with Crippen molar-refractivity contribution in [3.8, 4) is 5.75 Å². The second-order valence-electron chi connectivity index (χ2n) is 14.5. The van der Waals surface area contributed by atoms with Gasteiger partial charge in [-0.05, 0) is 68.6 Å². The highest BCUT2D eigenvalue weighted by Crippen LogP contribution is 2.37. The number of piperidine rings is 2. The van der Waals surface area contributed by atoms with Gasteiger partial charge in [-0.25, -0.2) is 23.1 Å². The summed E-state index contributed by atoms with van der Waals surface area (Å²) >= 11 is 5.94. The van der Waals surface area contributed by atoms with Gasteiger partial charge >= 0.3 is 0 Å². The molecule has 15 nitrogen and oxygen atoms in total. The Morgan fingerprint density at radius 3 is 2.48 bits per heavy atom. The number of methoxy groups -OCH3 is 1. The number of halogens is 4. The Morgan fingerprint density at radius 2 is 1.75 bits per heavy atom. The predicted molar refractivity (Wildman–Crippen MR) is 219 cm³/mol. The van der Waals surface area contributed by atoms with Crippen molar-refractivity contribution in [1.29, 1.82) is 0 Å². The molecule has 0 radical (unpaired) electrons. The highest BCUT2D eigenvalue weighted by atomic mass is 35.5. The molecule has 8 rings (SSSR count). The number of fused-ring (bicyclic) bond motifs is 2. The lowest BCUT2D eigenvalue weighted by molar-refractivity contribution is -0.136. The molecule has 1 aromatic heterocycles. The van der Waals surface area contributed by atoms with E-state index in [1.165, 1.54) is 37.7 Å². The predicted octanol–water partition coefficient (Wildman–Crippen LogP) is 4.88. The fourth-order valence-electron chi connectivity index (χ4n) is 7.45. The first-order chi connectivity index (χ1) is 32.4. The van der Waals surface area contributed by atoms with E-state index in [1.807, 2.05) is 10.2 Å². The number of likely N-dealkylation sites (tertiary alicyclic amines) is 1. The van der Waals surface area contributed by atoms with Gasteiger partial charge in [0.25, 0.3) is 11.8 Å². The molecule has 0 aliphatic carbocycles. The summed E-state index contributed by atoms with van der Waals surface area (Å²) in [5, 5.41) is 8.19. The lowest BCUT2D eigenvalue weighted by atomic mass is 9.96. The number of carbonyl (C=O) groups excluding carboxylic acids is 5. The molecule has 19 heteroatoms. The number of rotatable bonds is 11. The van der Waals surface area contributed by atoms with E-state index in [1.54, 1.807) is 18.2 Å². The number of amides is 5. The highest BCUT2D eigenvalue weighted by Gasteiger charge is 2.47. The summed E-state index contributed by atoms with van der Waals surface area (Å²) in [5.41, 5.74) is -2.23. The number of carbonyl (C=O) groups is 5. The maximum atomic E-state index is 16.1. The summed E-state index contributed by atoms with van der Waals surface area (Å²) in [7, 11) is 1.42. The molecule has 1 unspecified atom stereocenters. The van der Waals surface area contributed by atoms with Crippen LogP contribution < -0.4 is 25.6 Å². The molecule has 61 heavy (non-hydrogen) atoms. The minimum atomic E-state index is -3.67. The Balaban J connectivity index is 0.927. The Morgan fingerprint density at radius 1 is 0.984 bits per heavy atom. The molecule has 5 amide bonds. The van der Waals surface area contributed by atoms with Crippen molar-refractivity contribution >= 4 is 74.9 Å². The Labute approximate surface area is 364 Å². The molecule has 5 heterocycles. The van der Waals surface area contributed by atoms with Gasteiger partial charge in [0.05, 0.1) is 45.6 Å². The highest BCUT2D eigenvalue weighted by molar-refractivity contribution is 6.31. The first-order valence-corrected chi connectivity index (χ1v) is 19.3. The molecule has 4 aliphatic heterocycles. The number of nitrogens with zero attached hydrogens (tertiary/aromatic N) is 6. The van der Waals surface area contributed by atoms with Gasteiger partial charge in [-0.1, -0.05) is 17.7 Å². The van der Waals surface area contributed by atoms with Crippen LogP contribution in [0.5, 0.6) is 5.75 Å². The molecule has 0 spiro atoms. The molecule has 318 valence electrons. The minimum Gasteiger partial charge on any atom is -0.494 e. The summed E-state index contributed by atoms with van der Waals surface area (Å²) < 4.78 is 122. The normalized spacial score (nSPS) is 24.4. The fourth-order valence-corrected chi connectivity index (χ4v) is 7.63. The van der Waals surface area contributed by atoms with Crippen LogP contribution in [0.4, 0.5) is 36.1 Å². The van der Waals surface area contributed by atoms with Gasteiger partial charge in [0.1, 0.15) is 29.8 Å². The van der Waals surface area contributed by atoms with Crippen molar-refractivity contribution < 1.29 is 52.8 Å². The lowest BCUT2D eigenvalue weighted by Crippen LogP contribution is -2.54. The number of imide groups is 2. The van der Waals surface area contributed by atoms with Crippen molar-refractivity contribution in [1.82, 2.24) is 30.0 Å². The van der Waals surface area contributed by atoms with Crippen molar-refractivity contribution in [2.75, 3.05) is 74.8 Å². The number of aromatic nitrogens is 2.